The standard InChI is InChI=1S/C18H15P.C12H27P.C6H15P.C4H11P.H3O4P/c1-4-10-16(11-5-1)19(17-12-6-2-7-13-17)18-14-8-3-9-15-18;1-4-7-10-13(11-8-5-2)12-9-6-3;1-4-7(5-2)6-3;1-3-5-4-2;1-5(2,3)4/h1-15H;4-12H2,1-3H3;4-6H2,1-3H3;5H,3-4H2,1-2H3;(H3,1,2,3,4). The number of hydrogen-bond acceptors (Lipinski definition) is 1. The van der Waals surface area contributed by atoms with Gasteiger partial charge >= 0.3 is 7.82 Å². The minimum absolute atomic E-state index is 0.422. The van der Waals surface area contributed by atoms with Crippen molar-refractivity contribution in [1.29, 1.82) is 0 Å². The maximum atomic E-state index is 8.88. The lowest BCUT2D eigenvalue weighted by atomic mass is 10.4. The molecule has 0 aliphatic carbocycles. The Morgan fingerprint density at radius 1 is 0.490 bits per heavy atom. The summed E-state index contributed by atoms with van der Waals surface area (Å²) in [7, 11) is -3.02. The highest BCUT2D eigenvalue weighted by Gasteiger charge is 2.15. The van der Waals surface area contributed by atoms with Crippen LogP contribution in [0.25, 0.3) is 0 Å². The third kappa shape index (κ3) is 31.9. The van der Waals surface area contributed by atoms with E-state index in [0.717, 1.165) is 0 Å². The summed E-state index contributed by atoms with van der Waals surface area (Å²) in [6.45, 7) is 18.3. The Morgan fingerprint density at radius 2 is 0.755 bits per heavy atom. The molecule has 0 radical (unpaired) electrons. The Labute approximate surface area is 308 Å². The van der Waals surface area contributed by atoms with Gasteiger partial charge in [0, 0.05) is 0 Å². The molecule has 4 nitrogen and oxygen atoms in total. The minimum Gasteiger partial charge on any atom is -0.303 e. The number of unbranched alkanes of at least 4 members (excludes halogenated alkanes) is 3. The van der Waals surface area contributed by atoms with Gasteiger partial charge in [0.2, 0.25) is 0 Å². The molecule has 49 heavy (non-hydrogen) atoms. The van der Waals surface area contributed by atoms with Gasteiger partial charge in [-0.05, 0) is 92.4 Å². The molecule has 3 N–H and O–H groups in total. The van der Waals surface area contributed by atoms with Gasteiger partial charge in [-0.3, -0.25) is 0 Å². The molecular formula is C40H71O4P5. The molecule has 3 rings (SSSR count). The molecule has 9 heteroatoms. The van der Waals surface area contributed by atoms with Crippen LogP contribution < -0.4 is 15.9 Å². The summed E-state index contributed by atoms with van der Waals surface area (Å²) < 4.78 is 8.88. The van der Waals surface area contributed by atoms with E-state index in [1.54, 1.807) is 18.5 Å². The predicted molar refractivity (Wildman–Crippen MR) is 234 cm³/mol. The fraction of sp³-hybridized carbons (Fsp3) is 0.550. The summed E-state index contributed by atoms with van der Waals surface area (Å²) in [6, 6.07) is 32.3. The molecule has 0 bridgehead atoms. The minimum atomic E-state index is -4.64. The molecule has 0 spiro atoms. The molecule has 3 aromatic carbocycles. The third-order valence-corrected chi connectivity index (χ3v) is 16.3. The third-order valence-electron chi connectivity index (χ3n) is 7.37. The lowest BCUT2D eigenvalue weighted by Crippen LogP contribution is -2.20. The van der Waals surface area contributed by atoms with Crippen LogP contribution in [0.4, 0.5) is 0 Å². The molecular weight excluding hydrogens is 699 g/mol. The number of phosphoric acid groups is 1. The zero-order chi connectivity index (χ0) is 37.2. The SMILES string of the molecule is CCCCP(CCCC)CCCC.CCP(CC)CC.CCPCC.O=P(O)(O)O.c1ccc(P(c2ccccc2)c2ccccc2)cc1. The van der Waals surface area contributed by atoms with Crippen LogP contribution in [0.5, 0.6) is 0 Å². The molecule has 0 saturated carbocycles. The molecule has 0 amide bonds. The molecule has 0 aliphatic heterocycles. The van der Waals surface area contributed by atoms with Crippen LogP contribution in [-0.2, 0) is 4.57 Å². The molecule has 0 saturated heterocycles. The van der Waals surface area contributed by atoms with Gasteiger partial charge in [0.25, 0.3) is 0 Å². The maximum Gasteiger partial charge on any atom is 0.466 e. The molecule has 0 aliphatic rings. The highest BCUT2D eigenvalue weighted by Crippen LogP contribution is 2.38. The normalized spacial score (nSPS) is 10.6. The van der Waals surface area contributed by atoms with Gasteiger partial charge < -0.3 is 14.7 Å². The summed E-state index contributed by atoms with van der Waals surface area (Å²) in [5.74, 6) is 0. The van der Waals surface area contributed by atoms with Crippen LogP contribution in [0.15, 0.2) is 91.0 Å². The summed E-state index contributed by atoms with van der Waals surface area (Å²) >= 11 is 0. The van der Waals surface area contributed by atoms with Crippen molar-refractivity contribution >= 4 is 56.1 Å². The van der Waals surface area contributed by atoms with Gasteiger partial charge in [-0.2, -0.15) is 0 Å². The molecule has 0 aromatic heterocycles. The van der Waals surface area contributed by atoms with Gasteiger partial charge in [0.1, 0.15) is 0 Å². The van der Waals surface area contributed by atoms with E-state index >= 15 is 0 Å². The van der Waals surface area contributed by atoms with E-state index in [1.165, 1.54) is 93.8 Å². The van der Waals surface area contributed by atoms with Crippen molar-refractivity contribution in [1.82, 2.24) is 0 Å². The quantitative estimate of drug-likeness (QED) is 0.119. The van der Waals surface area contributed by atoms with Gasteiger partial charge in [0.15, 0.2) is 0 Å². The predicted octanol–water partition coefficient (Wildman–Crippen LogP) is 11.6. The van der Waals surface area contributed by atoms with Crippen molar-refractivity contribution in [3.8, 4) is 0 Å². The average Bonchev–Trinajstić information content (AvgIpc) is 3.11. The molecule has 280 valence electrons. The van der Waals surface area contributed by atoms with Crippen molar-refractivity contribution in [2.75, 3.05) is 49.3 Å². The highest BCUT2D eigenvalue weighted by atomic mass is 31.2. The first-order valence-electron chi connectivity index (χ1n) is 18.4. The number of rotatable bonds is 17. The Morgan fingerprint density at radius 3 is 0.918 bits per heavy atom. The average molecular weight is 771 g/mol. The molecule has 0 heterocycles. The van der Waals surface area contributed by atoms with Crippen LogP contribution in [0.3, 0.4) is 0 Å². The first kappa shape index (κ1) is 50.6. The van der Waals surface area contributed by atoms with Crippen LogP contribution in [0.2, 0.25) is 0 Å². The van der Waals surface area contributed by atoms with E-state index in [-0.39, 0.29) is 0 Å². The second-order valence-corrected chi connectivity index (χ2v) is 22.4. The number of benzene rings is 3. The van der Waals surface area contributed by atoms with E-state index < -0.39 is 15.7 Å². The highest BCUT2D eigenvalue weighted by molar-refractivity contribution is 7.79. The smallest absolute Gasteiger partial charge is 0.303 e. The summed E-state index contributed by atoms with van der Waals surface area (Å²) in [4.78, 5) is 21.6. The van der Waals surface area contributed by atoms with Crippen molar-refractivity contribution in [2.45, 2.75) is 93.9 Å². The molecule has 3 aromatic rings. The van der Waals surface area contributed by atoms with Crippen molar-refractivity contribution < 1.29 is 19.2 Å². The largest absolute Gasteiger partial charge is 0.466 e. The van der Waals surface area contributed by atoms with Crippen molar-refractivity contribution in [3.05, 3.63) is 91.0 Å². The Hall–Kier alpha value is -0.510. The monoisotopic (exact) mass is 770 g/mol. The van der Waals surface area contributed by atoms with E-state index in [9.17, 15) is 0 Å². The Balaban J connectivity index is 0. The second kappa shape index (κ2) is 35.9. The maximum absolute atomic E-state index is 8.88. The van der Waals surface area contributed by atoms with Gasteiger partial charge in [0.05, 0.1) is 0 Å². The van der Waals surface area contributed by atoms with E-state index in [2.05, 4.69) is 146 Å². The first-order valence-corrected chi connectivity index (χ1v) is 26.6. The topological polar surface area (TPSA) is 77.8 Å². The van der Waals surface area contributed by atoms with E-state index in [1.807, 2.05) is 0 Å². The van der Waals surface area contributed by atoms with Gasteiger partial charge in [-0.15, -0.1) is 24.4 Å². The second-order valence-electron chi connectivity index (χ2n) is 11.3. The lowest BCUT2D eigenvalue weighted by Gasteiger charge is -2.18. The van der Waals surface area contributed by atoms with Crippen LogP contribution in [0, 0.1) is 0 Å². The molecule has 0 unspecified atom stereocenters. The summed E-state index contributed by atoms with van der Waals surface area (Å²) in [6.07, 6.45) is 20.2. The zero-order valence-corrected chi connectivity index (χ0v) is 36.7. The van der Waals surface area contributed by atoms with Gasteiger partial charge in [-0.25, -0.2) is 4.57 Å². The zero-order valence-electron chi connectivity index (χ0n) is 32.1. The number of hydrogen-bond donors (Lipinski definition) is 3. The summed E-state index contributed by atoms with van der Waals surface area (Å²) in [5.41, 5.74) is 0. The fourth-order valence-corrected chi connectivity index (χ4v) is 11.7. The molecule has 0 fully saturated rings. The van der Waals surface area contributed by atoms with Crippen molar-refractivity contribution in [3.63, 3.8) is 0 Å². The van der Waals surface area contributed by atoms with Crippen LogP contribution >= 0.6 is 40.2 Å². The fourth-order valence-electron chi connectivity index (χ4n) is 4.58. The Bertz CT molecular complexity index is 985. The van der Waals surface area contributed by atoms with Gasteiger partial charge in [-0.1, -0.05) is 166 Å². The van der Waals surface area contributed by atoms with E-state index in [4.69, 9.17) is 19.2 Å². The van der Waals surface area contributed by atoms with E-state index in [0.29, 0.717) is 15.8 Å². The van der Waals surface area contributed by atoms with Crippen LogP contribution in [-0.4, -0.2) is 64.0 Å². The lowest BCUT2D eigenvalue weighted by molar-refractivity contribution is 0.275. The summed E-state index contributed by atoms with van der Waals surface area (Å²) in [5, 5.41) is 4.19. The van der Waals surface area contributed by atoms with Crippen molar-refractivity contribution in [2.24, 2.45) is 0 Å². The Kier molecular flexibility index (Phi) is 37.0. The van der Waals surface area contributed by atoms with Crippen LogP contribution in [0.1, 0.15) is 93.9 Å². The first-order chi connectivity index (χ1) is 23.6. The molecule has 0 atom stereocenters.